The van der Waals surface area contributed by atoms with E-state index in [1.54, 1.807) is 0 Å². The van der Waals surface area contributed by atoms with Crippen molar-refractivity contribution in [3.05, 3.63) is 41.6 Å². The molecule has 1 heteroatoms. The van der Waals surface area contributed by atoms with E-state index < -0.39 is 0 Å². The summed E-state index contributed by atoms with van der Waals surface area (Å²) in [5, 5.41) is 0. The lowest BCUT2D eigenvalue weighted by atomic mass is 9.94. The van der Waals surface area contributed by atoms with Gasteiger partial charge in [0.05, 0.1) is 0 Å². The second-order valence-corrected chi connectivity index (χ2v) is 3.98. The van der Waals surface area contributed by atoms with E-state index in [0.29, 0.717) is 0 Å². The van der Waals surface area contributed by atoms with E-state index in [2.05, 4.69) is 49.3 Å². The Bertz CT molecular complexity index is 352. The van der Waals surface area contributed by atoms with Crippen LogP contribution in [0.5, 0.6) is 0 Å². The van der Waals surface area contributed by atoms with Gasteiger partial charge in [0.2, 0.25) is 0 Å². The molecule has 0 unspecified atom stereocenters. The molecular weight excluding hydrogens is 170 g/mol. The predicted octanol–water partition coefficient (Wildman–Crippen LogP) is 3.27. The van der Waals surface area contributed by atoms with Gasteiger partial charge in [-0.1, -0.05) is 37.6 Å². The highest BCUT2D eigenvalue weighted by atomic mass is 15.1. The Hall–Kier alpha value is -1.24. The number of nitrogens with zero attached hydrogens (tertiary/aromatic N) is 1. The van der Waals surface area contributed by atoms with E-state index in [9.17, 15) is 0 Å². The molecule has 0 atom stereocenters. The first-order valence-corrected chi connectivity index (χ1v) is 5.30. The molecule has 0 radical (unpaired) electrons. The molecule has 1 heterocycles. The van der Waals surface area contributed by atoms with E-state index >= 15 is 0 Å². The summed E-state index contributed by atoms with van der Waals surface area (Å²) in [7, 11) is 2.14. The molecule has 0 saturated heterocycles. The molecule has 1 aromatic rings. The van der Waals surface area contributed by atoms with Crippen molar-refractivity contribution in [3.63, 3.8) is 0 Å². The molecule has 0 aliphatic carbocycles. The molecule has 74 valence electrons. The summed E-state index contributed by atoms with van der Waals surface area (Å²) in [6.07, 6.45) is 4.68. The van der Waals surface area contributed by atoms with E-state index in [0.717, 1.165) is 6.54 Å². The fraction of sp³-hybridized carbons (Fsp3) is 0.385. The number of fused-ring (bicyclic) bond motifs is 1. The van der Waals surface area contributed by atoms with Gasteiger partial charge in [0.1, 0.15) is 0 Å². The van der Waals surface area contributed by atoms with Crippen LogP contribution in [0.15, 0.2) is 30.5 Å². The van der Waals surface area contributed by atoms with Crippen molar-refractivity contribution < 1.29 is 0 Å². The van der Waals surface area contributed by atoms with Crippen molar-refractivity contribution in [2.45, 2.75) is 26.3 Å². The van der Waals surface area contributed by atoms with Crippen LogP contribution in [0.3, 0.4) is 0 Å². The molecule has 2 rings (SSSR count). The molecule has 1 aliphatic heterocycles. The Morgan fingerprint density at radius 1 is 1.29 bits per heavy atom. The largest absolute Gasteiger partial charge is 0.376 e. The van der Waals surface area contributed by atoms with Gasteiger partial charge in [0.15, 0.2) is 0 Å². The number of hydrogen-bond donors (Lipinski definition) is 0. The van der Waals surface area contributed by atoms with Gasteiger partial charge in [-0.05, 0) is 23.1 Å². The number of benzene rings is 1. The van der Waals surface area contributed by atoms with Crippen molar-refractivity contribution in [2.24, 2.45) is 0 Å². The predicted molar refractivity (Wildman–Crippen MR) is 60.8 cm³/mol. The highest BCUT2D eigenvalue weighted by Gasteiger charge is 2.13. The van der Waals surface area contributed by atoms with Crippen LogP contribution >= 0.6 is 0 Å². The summed E-state index contributed by atoms with van der Waals surface area (Å²) in [6.45, 7) is 3.28. The van der Waals surface area contributed by atoms with Gasteiger partial charge >= 0.3 is 0 Å². The number of rotatable bonds is 2. The maximum Gasteiger partial charge on any atom is 0.0426 e. The van der Waals surface area contributed by atoms with Gasteiger partial charge in [0, 0.05) is 19.8 Å². The fourth-order valence-corrected chi connectivity index (χ4v) is 2.09. The lowest BCUT2D eigenvalue weighted by Crippen LogP contribution is -2.16. The van der Waals surface area contributed by atoms with Crippen LogP contribution in [0.2, 0.25) is 0 Å². The first-order chi connectivity index (χ1) is 6.81. The van der Waals surface area contributed by atoms with E-state index in [1.165, 1.54) is 29.5 Å². The SMILES string of the molecule is CCCC1=CN(C)Cc2ccccc21. The van der Waals surface area contributed by atoms with Crippen molar-refractivity contribution in [1.82, 2.24) is 4.90 Å². The molecule has 1 nitrogen and oxygen atoms in total. The molecule has 0 amide bonds. The topological polar surface area (TPSA) is 3.24 Å². The molecule has 0 saturated carbocycles. The quantitative estimate of drug-likeness (QED) is 0.687. The van der Waals surface area contributed by atoms with Crippen LogP contribution < -0.4 is 0 Å². The third-order valence-corrected chi connectivity index (χ3v) is 2.68. The van der Waals surface area contributed by atoms with Crippen molar-refractivity contribution in [1.29, 1.82) is 0 Å². The summed E-state index contributed by atoms with van der Waals surface area (Å²) in [6, 6.07) is 8.73. The normalized spacial score (nSPS) is 15.0. The molecule has 0 bridgehead atoms. The number of hydrogen-bond acceptors (Lipinski definition) is 1. The lowest BCUT2D eigenvalue weighted by Gasteiger charge is -2.25. The van der Waals surface area contributed by atoms with Crippen LogP contribution in [0.25, 0.3) is 5.57 Å². The van der Waals surface area contributed by atoms with Crippen molar-refractivity contribution >= 4 is 5.57 Å². The smallest absolute Gasteiger partial charge is 0.0426 e. The second-order valence-electron chi connectivity index (χ2n) is 3.98. The fourth-order valence-electron chi connectivity index (χ4n) is 2.09. The third-order valence-electron chi connectivity index (χ3n) is 2.68. The highest BCUT2D eigenvalue weighted by Crippen LogP contribution is 2.28. The highest BCUT2D eigenvalue weighted by molar-refractivity contribution is 5.69. The zero-order valence-electron chi connectivity index (χ0n) is 8.96. The van der Waals surface area contributed by atoms with Crippen LogP contribution in [-0.4, -0.2) is 11.9 Å². The summed E-state index contributed by atoms with van der Waals surface area (Å²) in [5.74, 6) is 0. The standard InChI is InChI=1S/C13H17N/c1-3-6-11-9-14(2)10-12-7-4-5-8-13(11)12/h4-5,7-9H,3,6,10H2,1-2H3. The Morgan fingerprint density at radius 2 is 2.07 bits per heavy atom. The lowest BCUT2D eigenvalue weighted by molar-refractivity contribution is 0.444. The van der Waals surface area contributed by atoms with Crippen LogP contribution in [0.1, 0.15) is 30.9 Å². The van der Waals surface area contributed by atoms with Gasteiger partial charge in [-0.3, -0.25) is 0 Å². The van der Waals surface area contributed by atoms with Gasteiger partial charge in [-0.2, -0.15) is 0 Å². The van der Waals surface area contributed by atoms with Gasteiger partial charge in [-0.15, -0.1) is 0 Å². The molecule has 0 N–H and O–H groups in total. The second kappa shape index (κ2) is 3.87. The van der Waals surface area contributed by atoms with Gasteiger partial charge in [0.25, 0.3) is 0 Å². The number of allylic oxidation sites excluding steroid dienone is 1. The van der Waals surface area contributed by atoms with E-state index in [1.807, 2.05) is 0 Å². The van der Waals surface area contributed by atoms with E-state index in [-0.39, 0.29) is 0 Å². The minimum absolute atomic E-state index is 1.05. The average Bonchev–Trinajstić information content (AvgIpc) is 2.18. The van der Waals surface area contributed by atoms with Gasteiger partial charge in [-0.25, -0.2) is 0 Å². The molecule has 1 aromatic carbocycles. The summed E-state index contributed by atoms with van der Waals surface area (Å²) >= 11 is 0. The zero-order chi connectivity index (χ0) is 9.97. The van der Waals surface area contributed by atoms with Crippen LogP contribution in [0.4, 0.5) is 0 Å². The Morgan fingerprint density at radius 3 is 2.86 bits per heavy atom. The van der Waals surface area contributed by atoms with Gasteiger partial charge < -0.3 is 4.90 Å². The first-order valence-electron chi connectivity index (χ1n) is 5.30. The average molecular weight is 187 g/mol. The minimum atomic E-state index is 1.05. The first kappa shape index (κ1) is 9.32. The molecule has 0 spiro atoms. The molecule has 14 heavy (non-hydrogen) atoms. The molecular formula is C13H17N. The Kier molecular flexibility index (Phi) is 2.58. The Balaban J connectivity index is 2.39. The maximum absolute atomic E-state index is 2.28. The van der Waals surface area contributed by atoms with Crippen LogP contribution in [-0.2, 0) is 6.54 Å². The molecule has 1 aliphatic rings. The monoisotopic (exact) mass is 187 g/mol. The van der Waals surface area contributed by atoms with Crippen molar-refractivity contribution in [2.75, 3.05) is 7.05 Å². The summed E-state index contributed by atoms with van der Waals surface area (Å²) in [5.41, 5.74) is 4.39. The molecule has 0 aromatic heterocycles. The summed E-state index contributed by atoms with van der Waals surface area (Å²) in [4.78, 5) is 2.27. The summed E-state index contributed by atoms with van der Waals surface area (Å²) < 4.78 is 0. The van der Waals surface area contributed by atoms with E-state index in [4.69, 9.17) is 0 Å². The molecule has 0 fully saturated rings. The zero-order valence-corrected chi connectivity index (χ0v) is 8.96. The third kappa shape index (κ3) is 1.67. The van der Waals surface area contributed by atoms with Crippen LogP contribution in [0, 0.1) is 0 Å². The van der Waals surface area contributed by atoms with Crippen molar-refractivity contribution in [3.8, 4) is 0 Å². The Labute approximate surface area is 86.1 Å². The minimum Gasteiger partial charge on any atom is -0.376 e. The maximum atomic E-state index is 2.28.